The van der Waals surface area contributed by atoms with Gasteiger partial charge in [0.25, 0.3) is 0 Å². The molecular formula is C61H102O6. The van der Waals surface area contributed by atoms with E-state index in [-0.39, 0.29) is 37.5 Å². The van der Waals surface area contributed by atoms with Gasteiger partial charge in [0.15, 0.2) is 6.10 Å². The summed E-state index contributed by atoms with van der Waals surface area (Å²) in [6.45, 7) is 6.40. The Balaban J connectivity index is 4.18. The van der Waals surface area contributed by atoms with Gasteiger partial charge >= 0.3 is 17.9 Å². The summed E-state index contributed by atoms with van der Waals surface area (Å²) < 4.78 is 16.7. The van der Waals surface area contributed by atoms with Gasteiger partial charge in [-0.05, 0) is 103 Å². The zero-order valence-corrected chi connectivity index (χ0v) is 43.6. The zero-order valence-electron chi connectivity index (χ0n) is 43.6. The summed E-state index contributed by atoms with van der Waals surface area (Å²) in [5.74, 6) is -0.945. The molecule has 67 heavy (non-hydrogen) atoms. The van der Waals surface area contributed by atoms with Crippen LogP contribution >= 0.6 is 0 Å². The Morgan fingerprint density at radius 1 is 0.313 bits per heavy atom. The summed E-state index contributed by atoms with van der Waals surface area (Å²) >= 11 is 0. The number of rotatable bonds is 49. The summed E-state index contributed by atoms with van der Waals surface area (Å²) in [5.41, 5.74) is 0. The van der Waals surface area contributed by atoms with E-state index in [0.29, 0.717) is 12.8 Å². The Bertz CT molecular complexity index is 1350. The lowest BCUT2D eigenvalue weighted by molar-refractivity contribution is -0.167. The van der Waals surface area contributed by atoms with Crippen LogP contribution in [0.3, 0.4) is 0 Å². The Labute approximate surface area is 413 Å². The molecule has 0 aromatic heterocycles. The average Bonchev–Trinajstić information content (AvgIpc) is 3.33. The van der Waals surface area contributed by atoms with E-state index < -0.39 is 6.10 Å². The molecule has 0 aromatic rings. The monoisotopic (exact) mass is 931 g/mol. The van der Waals surface area contributed by atoms with E-state index in [2.05, 4.69) is 118 Å². The zero-order chi connectivity index (χ0) is 48.6. The van der Waals surface area contributed by atoms with Gasteiger partial charge in [0.2, 0.25) is 0 Å². The predicted octanol–water partition coefficient (Wildman–Crippen LogP) is 18.5. The van der Waals surface area contributed by atoms with Crippen molar-refractivity contribution in [1.29, 1.82) is 0 Å². The molecule has 0 aliphatic heterocycles. The summed E-state index contributed by atoms with van der Waals surface area (Å²) in [4.78, 5) is 37.7. The Morgan fingerprint density at radius 3 is 0.925 bits per heavy atom. The van der Waals surface area contributed by atoms with Crippen LogP contribution in [-0.4, -0.2) is 37.2 Å². The number of unbranched alkanes of at least 4 members (excludes halogenated alkanes) is 22. The van der Waals surface area contributed by atoms with Crippen molar-refractivity contribution < 1.29 is 28.6 Å². The highest BCUT2D eigenvalue weighted by Gasteiger charge is 2.19. The normalized spacial score (nSPS) is 12.8. The molecular weight excluding hydrogens is 829 g/mol. The van der Waals surface area contributed by atoms with E-state index in [4.69, 9.17) is 14.2 Å². The van der Waals surface area contributed by atoms with Gasteiger partial charge in [-0.3, -0.25) is 14.4 Å². The highest BCUT2D eigenvalue weighted by molar-refractivity contribution is 5.71. The molecule has 0 N–H and O–H groups in total. The maximum atomic E-state index is 12.8. The van der Waals surface area contributed by atoms with E-state index in [1.165, 1.54) is 89.9 Å². The van der Waals surface area contributed by atoms with Crippen LogP contribution < -0.4 is 0 Å². The molecule has 0 spiro atoms. The van der Waals surface area contributed by atoms with Crippen molar-refractivity contribution in [1.82, 2.24) is 0 Å². The molecule has 0 radical (unpaired) electrons. The highest BCUT2D eigenvalue weighted by Crippen LogP contribution is 2.14. The lowest BCUT2D eigenvalue weighted by atomic mass is 10.1. The van der Waals surface area contributed by atoms with E-state index in [9.17, 15) is 14.4 Å². The summed E-state index contributed by atoms with van der Waals surface area (Å²) in [6.07, 6.45) is 73.0. The van der Waals surface area contributed by atoms with Crippen LogP contribution in [0.2, 0.25) is 0 Å². The minimum Gasteiger partial charge on any atom is -0.462 e. The van der Waals surface area contributed by atoms with E-state index >= 15 is 0 Å². The SMILES string of the molecule is CC/C=C\C/C=C\C/C=C\C/C=C\C/C=C\CCCCCC(=O)OC(COC(=O)CCCCCCC)COC(=O)CCCCCCCCCCCC/C=C\C/C=C\C/C=C\CCCCCCC. The Hall–Kier alpha value is -3.67. The summed E-state index contributed by atoms with van der Waals surface area (Å²) in [7, 11) is 0. The lowest BCUT2D eigenvalue weighted by Gasteiger charge is -2.18. The number of hydrogen-bond acceptors (Lipinski definition) is 6. The molecule has 382 valence electrons. The van der Waals surface area contributed by atoms with Crippen molar-refractivity contribution >= 4 is 17.9 Å². The quantitative estimate of drug-likeness (QED) is 0.0262. The largest absolute Gasteiger partial charge is 0.462 e. The van der Waals surface area contributed by atoms with Gasteiger partial charge in [-0.2, -0.15) is 0 Å². The molecule has 0 rings (SSSR count). The average molecular weight is 931 g/mol. The second kappa shape index (κ2) is 54.9. The first-order valence-corrected chi connectivity index (χ1v) is 27.7. The summed E-state index contributed by atoms with van der Waals surface area (Å²) in [5, 5.41) is 0. The maximum absolute atomic E-state index is 12.8. The van der Waals surface area contributed by atoms with Crippen molar-refractivity contribution in [2.24, 2.45) is 0 Å². The molecule has 0 bridgehead atoms. The second-order valence-electron chi connectivity index (χ2n) is 18.1. The number of allylic oxidation sites excluding steroid dienone is 16. The topological polar surface area (TPSA) is 78.9 Å². The lowest BCUT2D eigenvalue weighted by Crippen LogP contribution is -2.30. The molecule has 0 aromatic carbocycles. The van der Waals surface area contributed by atoms with Crippen LogP contribution in [0.25, 0.3) is 0 Å². The van der Waals surface area contributed by atoms with Gasteiger partial charge in [0, 0.05) is 19.3 Å². The van der Waals surface area contributed by atoms with Crippen LogP contribution in [0.5, 0.6) is 0 Å². The second-order valence-corrected chi connectivity index (χ2v) is 18.1. The van der Waals surface area contributed by atoms with Gasteiger partial charge in [-0.15, -0.1) is 0 Å². The van der Waals surface area contributed by atoms with Crippen molar-refractivity contribution in [2.75, 3.05) is 13.2 Å². The fraction of sp³-hybridized carbons (Fsp3) is 0.689. The smallest absolute Gasteiger partial charge is 0.306 e. The minimum absolute atomic E-state index is 0.0937. The summed E-state index contributed by atoms with van der Waals surface area (Å²) in [6, 6.07) is 0. The van der Waals surface area contributed by atoms with Gasteiger partial charge in [-0.1, -0.05) is 227 Å². The molecule has 0 saturated carbocycles. The first kappa shape index (κ1) is 63.3. The van der Waals surface area contributed by atoms with E-state index in [1.54, 1.807) is 0 Å². The first-order valence-electron chi connectivity index (χ1n) is 27.7. The Morgan fingerprint density at radius 2 is 0.582 bits per heavy atom. The van der Waals surface area contributed by atoms with Gasteiger partial charge in [-0.25, -0.2) is 0 Å². The minimum atomic E-state index is -0.794. The van der Waals surface area contributed by atoms with Crippen LogP contribution in [0.1, 0.15) is 252 Å². The maximum Gasteiger partial charge on any atom is 0.306 e. The third-order valence-electron chi connectivity index (χ3n) is 11.6. The number of esters is 3. The molecule has 1 atom stereocenters. The fourth-order valence-electron chi connectivity index (χ4n) is 7.42. The number of ether oxygens (including phenoxy) is 3. The molecule has 0 heterocycles. The molecule has 0 amide bonds. The van der Waals surface area contributed by atoms with Crippen molar-refractivity contribution in [3.05, 3.63) is 97.2 Å². The van der Waals surface area contributed by atoms with E-state index in [1.807, 2.05) is 0 Å². The molecule has 0 aliphatic rings. The Kier molecular flexibility index (Phi) is 51.9. The number of carbonyl (C=O) groups is 3. The molecule has 0 saturated heterocycles. The molecule has 1 unspecified atom stereocenters. The van der Waals surface area contributed by atoms with Gasteiger partial charge in [0.1, 0.15) is 13.2 Å². The van der Waals surface area contributed by atoms with Gasteiger partial charge < -0.3 is 14.2 Å². The standard InChI is InChI=1S/C61H102O6/c1-4-7-10-13-15-17-19-21-23-25-27-28-29-30-31-32-34-35-37-39-41-43-45-48-51-54-60(63)66-57-58(56-65-59(62)53-50-47-12-9-6-3)67-61(64)55-52-49-46-44-42-40-38-36-33-26-24-22-20-18-16-14-11-8-5-2/h8,11,16,18-19,21-22,24-25,27,29-30,33,36,40,42,58H,4-7,9-10,12-15,17,20,23,26,28,31-32,34-35,37-39,41,43-57H2,1-3H3/b11-8-,18-16-,21-19-,24-22-,27-25-,30-29-,36-33-,42-40-. The number of carbonyl (C=O) groups excluding carboxylic acids is 3. The molecule has 0 aliphatic carbocycles. The molecule has 0 fully saturated rings. The third-order valence-corrected chi connectivity index (χ3v) is 11.6. The van der Waals surface area contributed by atoms with Gasteiger partial charge in [0.05, 0.1) is 0 Å². The van der Waals surface area contributed by atoms with Crippen molar-refractivity contribution in [3.8, 4) is 0 Å². The number of hydrogen-bond donors (Lipinski definition) is 0. The highest BCUT2D eigenvalue weighted by atomic mass is 16.6. The van der Waals surface area contributed by atoms with Crippen LogP contribution in [0.4, 0.5) is 0 Å². The third kappa shape index (κ3) is 53.2. The predicted molar refractivity (Wildman–Crippen MR) is 288 cm³/mol. The van der Waals surface area contributed by atoms with E-state index in [0.717, 1.165) is 122 Å². The molecule has 6 nitrogen and oxygen atoms in total. The van der Waals surface area contributed by atoms with Crippen molar-refractivity contribution in [2.45, 2.75) is 258 Å². The van der Waals surface area contributed by atoms with Crippen LogP contribution in [-0.2, 0) is 28.6 Å². The first-order chi connectivity index (χ1) is 33.0. The van der Waals surface area contributed by atoms with Crippen molar-refractivity contribution in [3.63, 3.8) is 0 Å². The molecule has 6 heteroatoms. The van der Waals surface area contributed by atoms with Crippen LogP contribution in [0.15, 0.2) is 97.2 Å². The fourth-order valence-corrected chi connectivity index (χ4v) is 7.42. The van der Waals surface area contributed by atoms with Crippen LogP contribution in [0, 0.1) is 0 Å².